The first-order chi connectivity index (χ1) is 42.0. The maximum absolute atomic E-state index is 12.6. The van der Waals surface area contributed by atoms with E-state index in [0.29, 0.717) is 25.9 Å². The first kappa shape index (κ1) is 83.3. The summed E-state index contributed by atoms with van der Waals surface area (Å²) in [7, 11) is 0. The number of allylic oxidation sites excluding steroid dienone is 4. The van der Waals surface area contributed by atoms with Crippen LogP contribution in [0.1, 0.15) is 444 Å². The monoisotopic (exact) mass is 1200 g/mol. The van der Waals surface area contributed by atoms with Gasteiger partial charge in [0.15, 0.2) is 0 Å². The number of aliphatic hydroxyl groups is 2. The van der Waals surface area contributed by atoms with Crippen LogP contribution in [0.3, 0.4) is 0 Å². The van der Waals surface area contributed by atoms with Crippen LogP contribution >= 0.6 is 0 Å². The van der Waals surface area contributed by atoms with Gasteiger partial charge in [-0.3, -0.25) is 9.59 Å². The summed E-state index contributed by atoms with van der Waals surface area (Å²) in [6.07, 6.45) is 95.5. The van der Waals surface area contributed by atoms with E-state index in [1.165, 1.54) is 360 Å². The van der Waals surface area contributed by atoms with E-state index in [9.17, 15) is 19.8 Å². The van der Waals surface area contributed by atoms with Crippen molar-refractivity contribution < 1.29 is 24.5 Å². The molecule has 6 heteroatoms. The summed E-state index contributed by atoms with van der Waals surface area (Å²) in [5.41, 5.74) is 0. The fraction of sp³-hybridized carbons (Fsp3) is 0.924. The number of hydrogen-bond donors (Lipinski definition) is 3. The first-order valence-corrected chi connectivity index (χ1v) is 39.1. The second-order valence-electron chi connectivity index (χ2n) is 27.0. The molecule has 6 nitrogen and oxygen atoms in total. The number of unbranched alkanes of at least 4 members (excludes halogenated alkanes) is 59. The van der Waals surface area contributed by atoms with Crippen molar-refractivity contribution in [2.45, 2.75) is 456 Å². The van der Waals surface area contributed by atoms with Gasteiger partial charge >= 0.3 is 5.97 Å². The van der Waals surface area contributed by atoms with Gasteiger partial charge in [0.05, 0.1) is 25.4 Å². The average molecular weight is 1200 g/mol. The molecule has 0 heterocycles. The molecule has 0 aromatic rings. The van der Waals surface area contributed by atoms with Crippen molar-refractivity contribution in [2.24, 2.45) is 0 Å². The molecule has 2 atom stereocenters. The lowest BCUT2D eigenvalue weighted by molar-refractivity contribution is -0.143. The molecule has 504 valence electrons. The highest BCUT2D eigenvalue weighted by Gasteiger charge is 2.20. The van der Waals surface area contributed by atoms with Crippen LogP contribution in [0.25, 0.3) is 0 Å². The van der Waals surface area contributed by atoms with Crippen molar-refractivity contribution in [3.8, 4) is 0 Å². The van der Waals surface area contributed by atoms with Crippen LogP contribution in [-0.4, -0.2) is 47.4 Å². The molecule has 0 rings (SSSR count). The van der Waals surface area contributed by atoms with Crippen LogP contribution in [0.5, 0.6) is 0 Å². The summed E-state index contributed by atoms with van der Waals surface area (Å²) >= 11 is 0. The number of ether oxygens (including phenoxy) is 1. The van der Waals surface area contributed by atoms with Gasteiger partial charge in [-0.05, 0) is 57.8 Å². The summed E-state index contributed by atoms with van der Waals surface area (Å²) in [6.45, 7) is 4.98. The van der Waals surface area contributed by atoms with Gasteiger partial charge in [-0.1, -0.05) is 398 Å². The number of esters is 1. The van der Waals surface area contributed by atoms with Crippen molar-refractivity contribution in [3.05, 3.63) is 24.3 Å². The highest BCUT2D eigenvalue weighted by Crippen LogP contribution is 2.20. The molecule has 0 saturated heterocycles. The Hall–Kier alpha value is -1.66. The summed E-state index contributed by atoms with van der Waals surface area (Å²) < 4.78 is 5.50. The molecule has 0 aromatic heterocycles. The number of hydrogen-bond acceptors (Lipinski definition) is 5. The van der Waals surface area contributed by atoms with E-state index in [1.54, 1.807) is 0 Å². The van der Waals surface area contributed by atoms with Crippen molar-refractivity contribution in [3.63, 3.8) is 0 Å². The maximum Gasteiger partial charge on any atom is 0.305 e. The van der Waals surface area contributed by atoms with E-state index in [1.807, 2.05) is 0 Å². The molecule has 0 aliphatic rings. The minimum atomic E-state index is -0.663. The van der Waals surface area contributed by atoms with Crippen molar-refractivity contribution in [2.75, 3.05) is 13.2 Å². The standard InChI is InChI=1S/C79H153NO5/c1-3-5-7-9-11-13-15-17-19-21-22-23-34-37-40-43-47-51-55-59-63-67-71-77(82)76(75-81)80-78(83)72-68-64-60-56-52-48-44-41-38-35-32-30-28-26-24-25-27-29-31-33-36-39-42-46-50-54-58-62-66-70-74-85-79(84)73-69-65-61-57-53-49-45-20-18-16-14-12-10-8-6-4-2/h14,16,20,45,76-77,81-82H,3-13,15,17-19,21-44,46-75H2,1-2H3,(H,80,83)/b16-14-,45-20-. The minimum Gasteiger partial charge on any atom is -0.466 e. The van der Waals surface area contributed by atoms with Gasteiger partial charge < -0.3 is 20.3 Å². The molecule has 0 spiro atoms. The van der Waals surface area contributed by atoms with Gasteiger partial charge in [0.25, 0.3) is 0 Å². The molecule has 3 N–H and O–H groups in total. The Morgan fingerprint density at radius 2 is 0.588 bits per heavy atom. The van der Waals surface area contributed by atoms with Crippen LogP contribution in [0, 0.1) is 0 Å². The summed E-state index contributed by atoms with van der Waals surface area (Å²) in [5, 5.41) is 23.5. The molecule has 1 amide bonds. The zero-order chi connectivity index (χ0) is 61.3. The lowest BCUT2D eigenvalue weighted by Gasteiger charge is -2.22. The third-order valence-electron chi connectivity index (χ3n) is 18.5. The Balaban J connectivity index is 3.34. The summed E-state index contributed by atoms with van der Waals surface area (Å²) in [6, 6.07) is -0.539. The number of rotatable bonds is 74. The maximum atomic E-state index is 12.6. The Morgan fingerprint density at radius 3 is 0.906 bits per heavy atom. The number of nitrogens with one attached hydrogen (secondary N) is 1. The van der Waals surface area contributed by atoms with Gasteiger partial charge in [0.2, 0.25) is 5.91 Å². The molecule has 0 saturated carbocycles. The molecule has 0 aliphatic heterocycles. The van der Waals surface area contributed by atoms with Crippen molar-refractivity contribution in [1.82, 2.24) is 5.32 Å². The quantitative estimate of drug-likeness (QED) is 0.0320. The summed E-state index contributed by atoms with van der Waals surface area (Å²) in [5.74, 6) is -0.0181. The zero-order valence-corrected chi connectivity index (χ0v) is 57.9. The molecule has 0 fully saturated rings. The second-order valence-corrected chi connectivity index (χ2v) is 27.0. The van der Waals surface area contributed by atoms with Crippen LogP contribution in [0.15, 0.2) is 24.3 Å². The predicted molar refractivity (Wildman–Crippen MR) is 375 cm³/mol. The number of carbonyl (C=O) groups excluding carboxylic acids is 2. The van der Waals surface area contributed by atoms with Gasteiger partial charge in [0.1, 0.15) is 0 Å². The van der Waals surface area contributed by atoms with Crippen LogP contribution in [0.4, 0.5) is 0 Å². The SMILES string of the molecule is CCCCCC/C=C\C/C=C\CCCCCCCC(=O)OCCCCCCCCCCCCCCCCCCCCCCCCCCCCCCCCC(=O)NC(CO)C(O)CCCCCCCCCCCCCCCCCCCCCCCC. The van der Waals surface area contributed by atoms with Crippen molar-refractivity contribution >= 4 is 11.9 Å². The van der Waals surface area contributed by atoms with Gasteiger partial charge in [-0.2, -0.15) is 0 Å². The Bertz CT molecular complexity index is 1330. The number of aliphatic hydroxyl groups excluding tert-OH is 2. The Kier molecular flexibility index (Phi) is 73.3. The van der Waals surface area contributed by atoms with E-state index >= 15 is 0 Å². The van der Waals surface area contributed by atoms with Crippen LogP contribution < -0.4 is 5.32 Å². The first-order valence-electron chi connectivity index (χ1n) is 39.1. The summed E-state index contributed by atoms with van der Waals surface area (Å²) in [4.78, 5) is 24.7. The largest absolute Gasteiger partial charge is 0.466 e. The fourth-order valence-corrected chi connectivity index (χ4v) is 12.6. The van der Waals surface area contributed by atoms with E-state index in [-0.39, 0.29) is 18.5 Å². The Morgan fingerprint density at radius 1 is 0.329 bits per heavy atom. The highest BCUT2D eigenvalue weighted by molar-refractivity contribution is 5.76. The van der Waals surface area contributed by atoms with E-state index in [0.717, 1.165) is 51.4 Å². The third kappa shape index (κ3) is 71.3. The number of carbonyl (C=O) groups is 2. The Labute approximate surface area is 532 Å². The lowest BCUT2D eigenvalue weighted by atomic mass is 10.0. The third-order valence-corrected chi connectivity index (χ3v) is 18.5. The molecule has 85 heavy (non-hydrogen) atoms. The average Bonchev–Trinajstić information content (AvgIpc) is 3.51. The zero-order valence-electron chi connectivity index (χ0n) is 57.9. The minimum absolute atomic E-state index is 0.00761. The molecular weight excluding hydrogens is 1040 g/mol. The van der Waals surface area contributed by atoms with Crippen LogP contribution in [-0.2, 0) is 14.3 Å². The van der Waals surface area contributed by atoms with Gasteiger partial charge in [0, 0.05) is 12.8 Å². The number of amides is 1. The van der Waals surface area contributed by atoms with Gasteiger partial charge in [-0.15, -0.1) is 0 Å². The van der Waals surface area contributed by atoms with E-state index in [4.69, 9.17) is 4.74 Å². The molecule has 0 aromatic carbocycles. The molecule has 2 unspecified atom stereocenters. The van der Waals surface area contributed by atoms with E-state index < -0.39 is 12.1 Å². The molecule has 0 bridgehead atoms. The molecule has 0 radical (unpaired) electrons. The van der Waals surface area contributed by atoms with Crippen LogP contribution in [0.2, 0.25) is 0 Å². The second kappa shape index (κ2) is 74.8. The molecular formula is C79H153NO5. The van der Waals surface area contributed by atoms with E-state index in [2.05, 4.69) is 43.5 Å². The molecule has 0 aliphatic carbocycles. The van der Waals surface area contributed by atoms with Crippen molar-refractivity contribution in [1.29, 1.82) is 0 Å². The smallest absolute Gasteiger partial charge is 0.305 e. The highest BCUT2D eigenvalue weighted by atomic mass is 16.5. The predicted octanol–water partition coefficient (Wildman–Crippen LogP) is 25.7. The topological polar surface area (TPSA) is 95.9 Å². The van der Waals surface area contributed by atoms with Gasteiger partial charge in [-0.25, -0.2) is 0 Å². The lowest BCUT2D eigenvalue weighted by Crippen LogP contribution is -2.45. The fourth-order valence-electron chi connectivity index (χ4n) is 12.6. The normalized spacial score (nSPS) is 12.6.